The van der Waals surface area contributed by atoms with Gasteiger partial charge in [-0.1, -0.05) is 18.2 Å². The van der Waals surface area contributed by atoms with E-state index in [9.17, 15) is 13.2 Å². The van der Waals surface area contributed by atoms with Crippen LogP contribution in [0.3, 0.4) is 0 Å². The largest absolute Gasteiger partial charge is 0.464 e. The Bertz CT molecular complexity index is 518. The molecule has 0 spiro atoms. The molecule has 1 heterocycles. The third-order valence-corrected chi connectivity index (χ3v) is 2.96. The summed E-state index contributed by atoms with van der Waals surface area (Å²) in [7, 11) is 1.64. The van der Waals surface area contributed by atoms with E-state index in [1.807, 2.05) is 0 Å². The zero-order valence-corrected chi connectivity index (χ0v) is 9.92. The molecule has 2 aromatic rings. The monoisotopic (exact) mass is 257 g/mol. The van der Waals surface area contributed by atoms with Crippen molar-refractivity contribution in [3.8, 4) is 0 Å². The predicted molar refractivity (Wildman–Crippen MR) is 63.6 cm³/mol. The molecule has 1 aromatic heterocycles. The number of furan rings is 1. The minimum Gasteiger partial charge on any atom is -0.464 e. The van der Waals surface area contributed by atoms with Crippen molar-refractivity contribution in [3.63, 3.8) is 0 Å². The molecule has 2 nitrogen and oxygen atoms in total. The Morgan fingerprint density at radius 1 is 1.28 bits per heavy atom. The van der Waals surface area contributed by atoms with Crippen LogP contribution in [0.15, 0.2) is 34.9 Å². The van der Waals surface area contributed by atoms with Gasteiger partial charge in [0.2, 0.25) is 0 Å². The van der Waals surface area contributed by atoms with Gasteiger partial charge in [0.1, 0.15) is 5.58 Å². The van der Waals surface area contributed by atoms with E-state index in [0.717, 1.165) is 0 Å². The van der Waals surface area contributed by atoms with Gasteiger partial charge in [0.25, 0.3) is 0 Å². The van der Waals surface area contributed by atoms with Crippen LogP contribution in [-0.4, -0.2) is 19.8 Å². The molecule has 2 rings (SSSR count). The van der Waals surface area contributed by atoms with Gasteiger partial charge in [-0.2, -0.15) is 13.2 Å². The topological polar surface area (TPSA) is 25.2 Å². The molecule has 5 heteroatoms. The summed E-state index contributed by atoms with van der Waals surface area (Å²) in [6.45, 7) is 0.307. The van der Waals surface area contributed by atoms with Crippen LogP contribution in [0.2, 0.25) is 0 Å². The Morgan fingerprint density at radius 2 is 2.06 bits per heavy atom. The lowest BCUT2D eigenvalue weighted by Crippen LogP contribution is -2.24. The fraction of sp³-hybridized carbons (Fsp3) is 0.385. The minimum atomic E-state index is -4.27. The lowest BCUT2D eigenvalue weighted by molar-refractivity contribution is -0.151. The van der Waals surface area contributed by atoms with Gasteiger partial charge in [0.05, 0.1) is 12.2 Å². The maximum Gasteiger partial charge on any atom is 0.395 e. The van der Waals surface area contributed by atoms with Crippen LogP contribution >= 0.6 is 0 Å². The van der Waals surface area contributed by atoms with E-state index in [4.69, 9.17) is 4.42 Å². The number of hydrogen-bond acceptors (Lipinski definition) is 2. The summed E-state index contributed by atoms with van der Waals surface area (Å²) >= 11 is 0. The number of rotatable bonds is 4. The van der Waals surface area contributed by atoms with Crippen LogP contribution in [0.25, 0.3) is 11.0 Å². The Kier molecular flexibility index (Phi) is 3.61. The zero-order chi connectivity index (χ0) is 13.2. The molecule has 0 aliphatic rings. The minimum absolute atomic E-state index is 0.000185. The van der Waals surface area contributed by atoms with E-state index in [-0.39, 0.29) is 12.0 Å². The summed E-state index contributed by atoms with van der Waals surface area (Å²) in [6.07, 6.45) is -2.85. The van der Waals surface area contributed by atoms with Gasteiger partial charge >= 0.3 is 6.18 Å². The average molecular weight is 257 g/mol. The van der Waals surface area contributed by atoms with E-state index >= 15 is 0 Å². The smallest absolute Gasteiger partial charge is 0.395 e. The molecular weight excluding hydrogens is 243 g/mol. The van der Waals surface area contributed by atoms with Crippen molar-refractivity contribution in [1.82, 2.24) is 5.32 Å². The van der Waals surface area contributed by atoms with E-state index in [1.54, 1.807) is 25.2 Å². The Balaban J connectivity index is 2.44. The van der Waals surface area contributed by atoms with Gasteiger partial charge < -0.3 is 9.73 Å². The molecule has 0 radical (unpaired) electrons. The number of alkyl halides is 3. The first-order chi connectivity index (χ1) is 8.54. The summed E-state index contributed by atoms with van der Waals surface area (Å²) in [5.74, 6) is -1.50. The fourth-order valence-electron chi connectivity index (χ4n) is 2.07. The summed E-state index contributed by atoms with van der Waals surface area (Å²) < 4.78 is 44.5. The van der Waals surface area contributed by atoms with E-state index in [2.05, 4.69) is 5.32 Å². The lowest BCUT2D eigenvalue weighted by Gasteiger charge is -2.20. The highest BCUT2D eigenvalue weighted by atomic mass is 19.4. The van der Waals surface area contributed by atoms with Crippen LogP contribution in [-0.2, 0) is 0 Å². The van der Waals surface area contributed by atoms with Gasteiger partial charge in [0, 0.05) is 10.9 Å². The van der Waals surface area contributed by atoms with Crippen molar-refractivity contribution in [2.24, 2.45) is 0 Å². The van der Waals surface area contributed by atoms with Gasteiger partial charge in [-0.25, -0.2) is 0 Å². The molecule has 18 heavy (non-hydrogen) atoms. The van der Waals surface area contributed by atoms with Gasteiger partial charge in [-0.15, -0.1) is 0 Å². The Labute approximate surface area is 103 Å². The normalized spacial score (nSPS) is 14.0. The highest BCUT2D eigenvalue weighted by Gasteiger charge is 2.41. The zero-order valence-electron chi connectivity index (χ0n) is 9.92. The lowest BCUT2D eigenvalue weighted by atomic mass is 9.93. The number of halogens is 3. The molecule has 1 N–H and O–H groups in total. The van der Waals surface area contributed by atoms with E-state index < -0.39 is 12.1 Å². The van der Waals surface area contributed by atoms with Crippen molar-refractivity contribution in [2.75, 3.05) is 13.6 Å². The molecular formula is C13H14F3NO. The Morgan fingerprint density at radius 3 is 2.72 bits per heavy atom. The van der Waals surface area contributed by atoms with Crippen LogP contribution in [0.1, 0.15) is 17.9 Å². The maximum atomic E-state index is 13.1. The Hall–Kier alpha value is -1.49. The molecule has 0 aliphatic heterocycles. The summed E-state index contributed by atoms with van der Waals surface area (Å²) in [4.78, 5) is 0. The van der Waals surface area contributed by atoms with Crippen molar-refractivity contribution >= 4 is 11.0 Å². The average Bonchev–Trinajstić information content (AvgIpc) is 2.76. The van der Waals surface area contributed by atoms with Crippen molar-refractivity contribution in [2.45, 2.75) is 18.5 Å². The number of para-hydroxylation sites is 1. The first-order valence-corrected chi connectivity index (χ1v) is 5.71. The van der Waals surface area contributed by atoms with Crippen molar-refractivity contribution in [3.05, 3.63) is 36.1 Å². The third-order valence-electron chi connectivity index (χ3n) is 2.96. The molecule has 0 saturated carbocycles. The van der Waals surface area contributed by atoms with Crippen LogP contribution in [0.5, 0.6) is 0 Å². The second-order valence-electron chi connectivity index (χ2n) is 4.17. The summed E-state index contributed by atoms with van der Waals surface area (Å²) in [5, 5.41) is 3.45. The summed E-state index contributed by atoms with van der Waals surface area (Å²) in [6, 6.07) is 6.53. The first kappa shape index (κ1) is 13.0. The molecule has 0 amide bonds. The second-order valence-corrected chi connectivity index (χ2v) is 4.17. The quantitative estimate of drug-likeness (QED) is 0.903. The molecule has 1 atom stereocenters. The standard InChI is InChI=1S/C13H14F3NO/c1-17-7-5-11(13(14,15)16)10-4-2-3-9-6-8-18-12(9)10/h2-4,6,8,11,17H,5,7H2,1H3. The molecule has 0 fully saturated rings. The van der Waals surface area contributed by atoms with Crippen LogP contribution in [0, 0.1) is 0 Å². The molecule has 0 bridgehead atoms. The summed E-state index contributed by atoms with van der Waals surface area (Å²) in [5.41, 5.74) is 0.538. The van der Waals surface area contributed by atoms with Gasteiger partial charge in [0.15, 0.2) is 0 Å². The van der Waals surface area contributed by atoms with Crippen molar-refractivity contribution in [1.29, 1.82) is 0 Å². The highest BCUT2D eigenvalue weighted by molar-refractivity contribution is 5.80. The SMILES string of the molecule is CNCCC(c1cccc2ccoc12)C(F)(F)F. The van der Waals surface area contributed by atoms with Gasteiger partial charge in [-0.05, 0) is 26.1 Å². The van der Waals surface area contributed by atoms with E-state index in [1.165, 1.54) is 12.3 Å². The fourth-order valence-corrected chi connectivity index (χ4v) is 2.07. The highest BCUT2D eigenvalue weighted by Crippen LogP contribution is 2.40. The second kappa shape index (κ2) is 5.02. The van der Waals surface area contributed by atoms with Crippen LogP contribution in [0.4, 0.5) is 13.2 Å². The number of fused-ring (bicyclic) bond motifs is 1. The number of hydrogen-bond donors (Lipinski definition) is 1. The van der Waals surface area contributed by atoms with Gasteiger partial charge in [-0.3, -0.25) is 0 Å². The number of nitrogens with one attached hydrogen (secondary N) is 1. The van der Waals surface area contributed by atoms with Crippen molar-refractivity contribution < 1.29 is 17.6 Å². The molecule has 0 saturated heterocycles. The van der Waals surface area contributed by atoms with E-state index in [0.29, 0.717) is 17.5 Å². The molecule has 98 valence electrons. The molecule has 1 unspecified atom stereocenters. The molecule has 1 aromatic carbocycles. The predicted octanol–water partition coefficient (Wildman–Crippen LogP) is 3.69. The van der Waals surface area contributed by atoms with Crippen LogP contribution < -0.4 is 5.32 Å². The first-order valence-electron chi connectivity index (χ1n) is 5.71. The number of benzene rings is 1. The maximum absolute atomic E-state index is 13.1. The third kappa shape index (κ3) is 2.51. The molecule has 0 aliphatic carbocycles.